The summed E-state index contributed by atoms with van der Waals surface area (Å²) in [6.07, 6.45) is 1.71. The average molecular weight is 255 g/mol. The van der Waals surface area contributed by atoms with Crippen molar-refractivity contribution in [3.63, 3.8) is 0 Å². The van der Waals surface area contributed by atoms with Gasteiger partial charge in [0.15, 0.2) is 6.29 Å². The summed E-state index contributed by atoms with van der Waals surface area (Å²) in [4.78, 5) is 25.3. The first kappa shape index (κ1) is 13.3. The largest absolute Gasteiger partial charge is 0.342 e. The van der Waals surface area contributed by atoms with Crippen molar-refractivity contribution in [1.82, 2.24) is 4.90 Å². The Balaban J connectivity index is 2.60. The molecule has 1 amide bonds. The standard InChI is InChI=1S/C16H17NO2/c1-3-10-17(2)16(19)14-9-5-7-12-6-4-8-13(11-18)15(12)14/h4-9,11H,3,10H2,1-2H3. The summed E-state index contributed by atoms with van der Waals surface area (Å²) in [6.45, 7) is 2.74. The summed E-state index contributed by atoms with van der Waals surface area (Å²) in [5, 5.41) is 1.66. The van der Waals surface area contributed by atoms with Crippen molar-refractivity contribution in [2.45, 2.75) is 13.3 Å². The highest BCUT2D eigenvalue weighted by molar-refractivity contribution is 6.12. The first-order chi connectivity index (χ1) is 9.19. The molecule has 0 spiro atoms. The number of nitrogens with zero attached hydrogens (tertiary/aromatic N) is 1. The second-order valence-electron chi connectivity index (χ2n) is 4.60. The van der Waals surface area contributed by atoms with Crippen LogP contribution < -0.4 is 0 Å². The topological polar surface area (TPSA) is 37.4 Å². The van der Waals surface area contributed by atoms with Gasteiger partial charge in [-0.15, -0.1) is 0 Å². The van der Waals surface area contributed by atoms with Gasteiger partial charge in [0, 0.05) is 30.1 Å². The fraction of sp³-hybridized carbons (Fsp3) is 0.250. The van der Waals surface area contributed by atoms with E-state index in [1.54, 1.807) is 24.1 Å². The van der Waals surface area contributed by atoms with Gasteiger partial charge >= 0.3 is 0 Å². The molecule has 0 aromatic heterocycles. The highest BCUT2D eigenvalue weighted by Gasteiger charge is 2.15. The predicted molar refractivity (Wildman–Crippen MR) is 76.6 cm³/mol. The van der Waals surface area contributed by atoms with Crippen LogP contribution in [0, 0.1) is 0 Å². The molecule has 2 rings (SSSR count). The number of amides is 1. The lowest BCUT2D eigenvalue weighted by Gasteiger charge is -2.17. The molecule has 0 bridgehead atoms. The van der Waals surface area contributed by atoms with Crippen LogP contribution in [0.1, 0.15) is 34.1 Å². The lowest BCUT2D eigenvalue weighted by Crippen LogP contribution is -2.27. The molecule has 0 saturated carbocycles. The minimum Gasteiger partial charge on any atom is -0.342 e. The van der Waals surface area contributed by atoms with E-state index < -0.39 is 0 Å². The van der Waals surface area contributed by atoms with E-state index in [-0.39, 0.29) is 5.91 Å². The van der Waals surface area contributed by atoms with E-state index in [4.69, 9.17) is 0 Å². The number of carbonyl (C=O) groups is 2. The third kappa shape index (κ3) is 2.50. The number of fused-ring (bicyclic) bond motifs is 1. The van der Waals surface area contributed by atoms with Crippen LogP contribution in [0.3, 0.4) is 0 Å². The molecule has 2 aromatic carbocycles. The molecular weight excluding hydrogens is 238 g/mol. The van der Waals surface area contributed by atoms with Gasteiger partial charge in [-0.2, -0.15) is 0 Å². The van der Waals surface area contributed by atoms with Crippen LogP contribution >= 0.6 is 0 Å². The Morgan fingerprint density at radius 1 is 1.21 bits per heavy atom. The van der Waals surface area contributed by atoms with Crippen molar-refractivity contribution >= 4 is 23.0 Å². The number of carbonyl (C=O) groups excluding carboxylic acids is 2. The molecule has 3 heteroatoms. The maximum Gasteiger partial charge on any atom is 0.254 e. The Labute approximate surface area is 112 Å². The van der Waals surface area contributed by atoms with Crippen molar-refractivity contribution in [2.75, 3.05) is 13.6 Å². The Morgan fingerprint density at radius 2 is 1.89 bits per heavy atom. The van der Waals surface area contributed by atoms with Crippen LogP contribution in [0.25, 0.3) is 10.8 Å². The van der Waals surface area contributed by atoms with Crippen molar-refractivity contribution in [2.24, 2.45) is 0 Å². The van der Waals surface area contributed by atoms with E-state index in [1.807, 2.05) is 31.2 Å². The maximum absolute atomic E-state index is 12.4. The van der Waals surface area contributed by atoms with Crippen LogP contribution in [0.2, 0.25) is 0 Å². The molecule has 19 heavy (non-hydrogen) atoms. The van der Waals surface area contributed by atoms with E-state index in [0.29, 0.717) is 17.7 Å². The van der Waals surface area contributed by atoms with Crippen LogP contribution in [0.15, 0.2) is 36.4 Å². The van der Waals surface area contributed by atoms with Crippen LogP contribution in [-0.2, 0) is 0 Å². The average Bonchev–Trinajstić information content (AvgIpc) is 2.45. The first-order valence-corrected chi connectivity index (χ1v) is 6.41. The van der Waals surface area contributed by atoms with E-state index in [1.165, 1.54) is 0 Å². The molecule has 0 radical (unpaired) electrons. The summed E-state index contributed by atoms with van der Waals surface area (Å²) in [7, 11) is 1.79. The van der Waals surface area contributed by atoms with Gasteiger partial charge < -0.3 is 4.90 Å². The van der Waals surface area contributed by atoms with Gasteiger partial charge in [-0.05, 0) is 17.9 Å². The highest BCUT2D eigenvalue weighted by Crippen LogP contribution is 2.23. The van der Waals surface area contributed by atoms with Crippen molar-refractivity contribution in [3.8, 4) is 0 Å². The molecule has 0 aliphatic rings. The monoisotopic (exact) mass is 255 g/mol. The Morgan fingerprint density at radius 3 is 2.53 bits per heavy atom. The molecule has 0 heterocycles. The molecule has 3 nitrogen and oxygen atoms in total. The second-order valence-corrected chi connectivity index (χ2v) is 4.60. The normalized spacial score (nSPS) is 10.4. The lowest BCUT2D eigenvalue weighted by molar-refractivity contribution is 0.0797. The minimum atomic E-state index is -0.0400. The molecular formula is C16H17NO2. The summed E-state index contributed by atoms with van der Waals surface area (Å²) in [5.74, 6) is -0.0400. The number of hydrogen-bond acceptors (Lipinski definition) is 2. The van der Waals surface area contributed by atoms with Crippen molar-refractivity contribution in [3.05, 3.63) is 47.5 Å². The predicted octanol–water partition coefficient (Wildman–Crippen LogP) is 3.13. The van der Waals surface area contributed by atoms with Gasteiger partial charge in [0.1, 0.15) is 0 Å². The SMILES string of the molecule is CCCN(C)C(=O)c1cccc2cccc(C=O)c12. The zero-order valence-electron chi connectivity index (χ0n) is 11.2. The Kier molecular flexibility index (Phi) is 3.95. The quantitative estimate of drug-likeness (QED) is 0.787. The molecule has 0 N–H and O–H groups in total. The van der Waals surface area contributed by atoms with E-state index in [0.717, 1.165) is 23.5 Å². The summed E-state index contributed by atoms with van der Waals surface area (Å²) in [5.41, 5.74) is 1.16. The van der Waals surface area contributed by atoms with Gasteiger partial charge in [-0.25, -0.2) is 0 Å². The van der Waals surface area contributed by atoms with E-state index in [2.05, 4.69) is 0 Å². The second kappa shape index (κ2) is 5.65. The minimum absolute atomic E-state index is 0.0400. The van der Waals surface area contributed by atoms with Gasteiger partial charge in [0.25, 0.3) is 5.91 Å². The van der Waals surface area contributed by atoms with Gasteiger partial charge in [0.05, 0.1) is 0 Å². The molecule has 2 aromatic rings. The molecule has 0 atom stereocenters. The third-order valence-corrected chi connectivity index (χ3v) is 3.20. The number of rotatable bonds is 4. The van der Waals surface area contributed by atoms with E-state index in [9.17, 15) is 9.59 Å². The highest BCUT2D eigenvalue weighted by atomic mass is 16.2. The summed E-state index contributed by atoms with van der Waals surface area (Å²) >= 11 is 0. The third-order valence-electron chi connectivity index (χ3n) is 3.20. The maximum atomic E-state index is 12.4. The zero-order chi connectivity index (χ0) is 13.8. The lowest BCUT2D eigenvalue weighted by atomic mass is 9.99. The molecule has 0 aliphatic heterocycles. The zero-order valence-corrected chi connectivity index (χ0v) is 11.2. The van der Waals surface area contributed by atoms with Crippen LogP contribution in [0.4, 0.5) is 0 Å². The molecule has 98 valence electrons. The molecule has 0 aliphatic carbocycles. The summed E-state index contributed by atoms with van der Waals surface area (Å²) < 4.78 is 0. The van der Waals surface area contributed by atoms with Gasteiger partial charge in [-0.1, -0.05) is 37.3 Å². The Bertz CT molecular complexity index is 614. The number of aldehydes is 1. The fourth-order valence-corrected chi connectivity index (χ4v) is 2.29. The van der Waals surface area contributed by atoms with Gasteiger partial charge in [-0.3, -0.25) is 9.59 Å². The van der Waals surface area contributed by atoms with Crippen molar-refractivity contribution in [1.29, 1.82) is 0 Å². The molecule has 0 unspecified atom stereocenters. The Hall–Kier alpha value is -2.16. The summed E-state index contributed by atoms with van der Waals surface area (Å²) in [6, 6.07) is 11.0. The van der Waals surface area contributed by atoms with Crippen molar-refractivity contribution < 1.29 is 9.59 Å². The number of benzene rings is 2. The molecule has 0 saturated heterocycles. The van der Waals surface area contributed by atoms with E-state index >= 15 is 0 Å². The smallest absolute Gasteiger partial charge is 0.254 e. The van der Waals surface area contributed by atoms with Crippen LogP contribution in [-0.4, -0.2) is 30.7 Å². The fourth-order valence-electron chi connectivity index (χ4n) is 2.29. The molecule has 0 fully saturated rings. The number of hydrogen-bond donors (Lipinski definition) is 0. The first-order valence-electron chi connectivity index (χ1n) is 6.41. The van der Waals surface area contributed by atoms with Gasteiger partial charge in [0.2, 0.25) is 0 Å². The van der Waals surface area contributed by atoms with Crippen LogP contribution in [0.5, 0.6) is 0 Å².